The predicted molar refractivity (Wildman–Crippen MR) is 76.9 cm³/mol. The Morgan fingerprint density at radius 1 is 1.33 bits per heavy atom. The summed E-state index contributed by atoms with van der Waals surface area (Å²) in [6, 6.07) is 2.80. The molecule has 3 atom stereocenters. The SMILES string of the molecule is CC(C#N)(CCCN1C(=O)C2C(C1=O)C2(C)C)NC1CC1. The highest BCUT2D eigenvalue weighted by atomic mass is 16.2. The molecule has 2 aliphatic carbocycles. The number of hydrogen-bond donors (Lipinski definition) is 1. The Morgan fingerprint density at radius 2 is 1.90 bits per heavy atom. The molecule has 114 valence electrons. The number of nitrogens with zero attached hydrogens (tertiary/aromatic N) is 2. The molecule has 0 aromatic heterocycles. The molecule has 0 bridgehead atoms. The first-order valence-electron chi connectivity index (χ1n) is 7.84. The minimum absolute atomic E-state index is 0.0104. The normalized spacial score (nSPS) is 32.6. The van der Waals surface area contributed by atoms with Crippen molar-refractivity contribution in [1.82, 2.24) is 10.2 Å². The first-order valence-corrected chi connectivity index (χ1v) is 7.84. The Kier molecular flexibility index (Phi) is 3.14. The van der Waals surface area contributed by atoms with E-state index in [-0.39, 0.29) is 29.1 Å². The summed E-state index contributed by atoms with van der Waals surface area (Å²) in [6.07, 6.45) is 3.62. The van der Waals surface area contributed by atoms with Gasteiger partial charge in [0.15, 0.2) is 0 Å². The summed E-state index contributed by atoms with van der Waals surface area (Å²) in [5, 5.41) is 12.7. The molecule has 5 heteroatoms. The topological polar surface area (TPSA) is 73.2 Å². The molecule has 2 saturated carbocycles. The lowest BCUT2D eigenvalue weighted by Crippen LogP contribution is -2.43. The van der Waals surface area contributed by atoms with Crippen molar-refractivity contribution in [2.45, 2.75) is 58.0 Å². The zero-order valence-electron chi connectivity index (χ0n) is 13.0. The number of hydrogen-bond acceptors (Lipinski definition) is 4. The molecule has 0 radical (unpaired) electrons. The third kappa shape index (κ3) is 2.36. The van der Waals surface area contributed by atoms with Crippen molar-refractivity contribution >= 4 is 11.8 Å². The van der Waals surface area contributed by atoms with E-state index in [2.05, 4.69) is 11.4 Å². The molecule has 1 N–H and O–H groups in total. The van der Waals surface area contributed by atoms with Crippen molar-refractivity contribution in [2.75, 3.05) is 6.54 Å². The van der Waals surface area contributed by atoms with Gasteiger partial charge in [-0.1, -0.05) is 13.8 Å². The lowest BCUT2D eigenvalue weighted by Gasteiger charge is -2.25. The van der Waals surface area contributed by atoms with Crippen LogP contribution in [0.3, 0.4) is 0 Å². The number of carbonyl (C=O) groups excluding carboxylic acids is 2. The smallest absolute Gasteiger partial charge is 0.233 e. The van der Waals surface area contributed by atoms with Crippen molar-refractivity contribution < 1.29 is 9.59 Å². The number of amides is 2. The van der Waals surface area contributed by atoms with Crippen molar-refractivity contribution in [3.8, 4) is 6.07 Å². The van der Waals surface area contributed by atoms with Crippen molar-refractivity contribution in [2.24, 2.45) is 17.3 Å². The first-order chi connectivity index (χ1) is 9.80. The maximum atomic E-state index is 12.2. The van der Waals surface area contributed by atoms with Crippen LogP contribution in [0.5, 0.6) is 0 Å². The Balaban J connectivity index is 1.51. The van der Waals surface area contributed by atoms with Gasteiger partial charge in [-0.2, -0.15) is 5.26 Å². The Bertz CT molecular complexity index is 508. The number of piperidine rings is 1. The van der Waals surface area contributed by atoms with Gasteiger partial charge in [-0.3, -0.25) is 19.8 Å². The van der Waals surface area contributed by atoms with Crippen LogP contribution in [0.25, 0.3) is 0 Å². The molecule has 5 nitrogen and oxygen atoms in total. The monoisotopic (exact) mass is 289 g/mol. The van der Waals surface area contributed by atoms with E-state index in [9.17, 15) is 14.9 Å². The minimum Gasteiger partial charge on any atom is -0.297 e. The molecule has 3 unspecified atom stereocenters. The van der Waals surface area contributed by atoms with Crippen LogP contribution in [0.15, 0.2) is 0 Å². The second-order valence-corrected chi connectivity index (χ2v) is 7.57. The van der Waals surface area contributed by atoms with Crippen LogP contribution in [-0.4, -0.2) is 34.8 Å². The van der Waals surface area contributed by atoms with E-state index in [4.69, 9.17) is 0 Å². The quantitative estimate of drug-likeness (QED) is 0.751. The molecule has 2 amide bonds. The van der Waals surface area contributed by atoms with Gasteiger partial charge in [0.25, 0.3) is 0 Å². The van der Waals surface area contributed by atoms with Gasteiger partial charge >= 0.3 is 0 Å². The van der Waals surface area contributed by atoms with E-state index in [1.165, 1.54) is 4.90 Å². The second-order valence-electron chi connectivity index (χ2n) is 7.57. The molecule has 3 fully saturated rings. The Morgan fingerprint density at radius 3 is 2.38 bits per heavy atom. The van der Waals surface area contributed by atoms with Crippen molar-refractivity contribution in [3.05, 3.63) is 0 Å². The van der Waals surface area contributed by atoms with Gasteiger partial charge in [0.2, 0.25) is 11.8 Å². The van der Waals surface area contributed by atoms with Crippen LogP contribution in [0.4, 0.5) is 0 Å². The largest absolute Gasteiger partial charge is 0.297 e. The van der Waals surface area contributed by atoms with Gasteiger partial charge in [0, 0.05) is 12.6 Å². The molecule has 1 aliphatic heterocycles. The zero-order valence-corrected chi connectivity index (χ0v) is 13.0. The average Bonchev–Trinajstić information content (AvgIpc) is 3.28. The molecule has 0 aromatic rings. The van der Waals surface area contributed by atoms with Crippen LogP contribution >= 0.6 is 0 Å². The molecular formula is C16H23N3O2. The zero-order chi connectivity index (χ0) is 15.4. The number of likely N-dealkylation sites (tertiary alicyclic amines) is 1. The van der Waals surface area contributed by atoms with E-state index < -0.39 is 5.54 Å². The second kappa shape index (κ2) is 4.54. The standard InChI is InChI=1S/C16H23N3O2/c1-15(2)11-12(15)14(21)19(13(11)20)8-4-7-16(3,9-17)18-10-5-6-10/h10-12,18H,4-8H2,1-3H3. The molecule has 3 aliphatic rings. The highest BCUT2D eigenvalue weighted by Gasteiger charge is 2.72. The fourth-order valence-corrected chi connectivity index (χ4v) is 3.65. The number of nitrogens with one attached hydrogen (secondary N) is 1. The number of fused-ring (bicyclic) bond motifs is 1. The molecule has 0 spiro atoms. The third-order valence-electron chi connectivity index (χ3n) is 5.30. The van der Waals surface area contributed by atoms with Crippen LogP contribution in [0, 0.1) is 28.6 Å². The van der Waals surface area contributed by atoms with Gasteiger partial charge in [-0.05, 0) is 38.0 Å². The summed E-state index contributed by atoms with van der Waals surface area (Å²) in [5.74, 6) is -0.221. The summed E-state index contributed by atoms with van der Waals surface area (Å²) < 4.78 is 0. The van der Waals surface area contributed by atoms with Gasteiger partial charge in [-0.15, -0.1) is 0 Å². The minimum atomic E-state index is -0.546. The maximum Gasteiger partial charge on any atom is 0.233 e. The van der Waals surface area contributed by atoms with E-state index in [1.54, 1.807) is 0 Å². The van der Waals surface area contributed by atoms with Crippen LogP contribution < -0.4 is 5.32 Å². The molecular weight excluding hydrogens is 266 g/mol. The summed E-state index contributed by atoms with van der Waals surface area (Å²) in [5.41, 5.74) is -0.686. The van der Waals surface area contributed by atoms with E-state index >= 15 is 0 Å². The summed E-state index contributed by atoms with van der Waals surface area (Å²) >= 11 is 0. The lowest BCUT2D eigenvalue weighted by molar-refractivity contribution is -0.143. The Hall–Kier alpha value is -1.41. The highest BCUT2D eigenvalue weighted by molar-refractivity contribution is 6.10. The van der Waals surface area contributed by atoms with E-state index in [0.717, 1.165) is 12.8 Å². The van der Waals surface area contributed by atoms with E-state index in [0.29, 0.717) is 25.4 Å². The van der Waals surface area contributed by atoms with Gasteiger partial charge < -0.3 is 0 Å². The van der Waals surface area contributed by atoms with Gasteiger partial charge in [0.1, 0.15) is 5.54 Å². The van der Waals surface area contributed by atoms with Gasteiger partial charge in [-0.25, -0.2) is 0 Å². The van der Waals surface area contributed by atoms with Crippen LogP contribution in [0.2, 0.25) is 0 Å². The lowest BCUT2D eigenvalue weighted by atomic mass is 9.97. The number of imide groups is 1. The number of rotatable bonds is 6. The maximum absolute atomic E-state index is 12.2. The molecule has 0 aromatic carbocycles. The molecule has 3 rings (SSSR count). The average molecular weight is 289 g/mol. The molecule has 21 heavy (non-hydrogen) atoms. The molecule has 1 saturated heterocycles. The first kappa shape index (κ1) is 14.5. The highest BCUT2D eigenvalue weighted by Crippen LogP contribution is 2.63. The Labute approximate surface area is 125 Å². The fraction of sp³-hybridized carbons (Fsp3) is 0.812. The van der Waals surface area contributed by atoms with Crippen LogP contribution in [-0.2, 0) is 9.59 Å². The number of nitriles is 1. The molecule has 1 heterocycles. The van der Waals surface area contributed by atoms with Gasteiger partial charge in [0.05, 0.1) is 17.9 Å². The van der Waals surface area contributed by atoms with Crippen molar-refractivity contribution in [1.29, 1.82) is 5.26 Å². The van der Waals surface area contributed by atoms with Crippen molar-refractivity contribution in [3.63, 3.8) is 0 Å². The fourth-order valence-electron chi connectivity index (χ4n) is 3.65. The summed E-state index contributed by atoms with van der Waals surface area (Å²) in [6.45, 7) is 6.33. The summed E-state index contributed by atoms with van der Waals surface area (Å²) in [4.78, 5) is 25.8. The van der Waals surface area contributed by atoms with Crippen LogP contribution in [0.1, 0.15) is 46.5 Å². The third-order valence-corrected chi connectivity index (χ3v) is 5.30. The predicted octanol–water partition coefficient (Wildman–Crippen LogP) is 1.44. The van der Waals surface area contributed by atoms with E-state index in [1.807, 2.05) is 20.8 Å². The summed E-state index contributed by atoms with van der Waals surface area (Å²) in [7, 11) is 0. The number of carbonyl (C=O) groups is 2.